The molecule has 6 rings (SSSR count). The topological polar surface area (TPSA) is 71.3 Å². The van der Waals surface area contributed by atoms with E-state index in [0.29, 0.717) is 21.3 Å². The lowest BCUT2D eigenvalue weighted by Gasteiger charge is -2.46. The Bertz CT molecular complexity index is 1450. The molecule has 7 heteroatoms. The molecule has 3 heterocycles. The van der Waals surface area contributed by atoms with Gasteiger partial charge in [0.15, 0.2) is 0 Å². The second kappa shape index (κ2) is 7.37. The predicted molar refractivity (Wildman–Crippen MR) is 128 cm³/mol. The number of halogens is 2. The van der Waals surface area contributed by atoms with Crippen molar-refractivity contribution in [1.29, 1.82) is 0 Å². The fourth-order valence-electron chi connectivity index (χ4n) is 5.44. The fourth-order valence-corrected chi connectivity index (χ4v) is 5.81. The smallest absolute Gasteiger partial charge is 0.238 e. The van der Waals surface area contributed by atoms with E-state index in [4.69, 9.17) is 27.6 Å². The lowest BCUT2D eigenvalue weighted by atomic mass is 9.59. The van der Waals surface area contributed by atoms with Crippen LogP contribution in [0, 0.1) is 0 Å². The molecule has 2 aliphatic heterocycles. The Morgan fingerprint density at radius 3 is 2.61 bits per heavy atom. The number of piperidine rings is 1. The quantitative estimate of drug-likeness (QED) is 0.374. The third-order valence-electron chi connectivity index (χ3n) is 6.82. The van der Waals surface area contributed by atoms with Gasteiger partial charge < -0.3 is 15.1 Å². The van der Waals surface area contributed by atoms with Crippen LogP contribution in [0.25, 0.3) is 11.0 Å². The molecule has 1 spiro atoms. The van der Waals surface area contributed by atoms with Gasteiger partial charge in [0.1, 0.15) is 11.0 Å². The molecule has 3 atom stereocenters. The minimum Gasteiger partial charge on any atom is -0.464 e. The largest absolute Gasteiger partial charge is 0.464 e. The van der Waals surface area contributed by atoms with Gasteiger partial charge in [-0.25, -0.2) is 0 Å². The van der Waals surface area contributed by atoms with Crippen LogP contribution in [0.4, 0.5) is 5.69 Å². The average molecular weight is 477 g/mol. The zero-order valence-electron chi connectivity index (χ0n) is 17.3. The van der Waals surface area contributed by atoms with Gasteiger partial charge in [0, 0.05) is 33.5 Å². The number of anilines is 1. The summed E-state index contributed by atoms with van der Waals surface area (Å²) in [4.78, 5) is 27.0. The molecule has 0 bridgehead atoms. The van der Waals surface area contributed by atoms with Gasteiger partial charge >= 0.3 is 0 Å². The van der Waals surface area contributed by atoms with E-state index < -0.39 is 17.4 Å². The van der Waals surface area contributed by atoms with E-state index in [0.717, 1.165) is 22.1 Å². The van der Waals surface area contributed by atoms with Gasteiger partial charge in [-0.1, -0.05) is 53.5 Å². The monoisotopic (exact) mass is 476 g/mol. The van der Waals surface area contributed by atoms with Crippen molar-refractivity contribution in [1.82, 2.24) is 5.32 Å². The maximum atomic E-state index is 13.9. The van der Waals surface area contributed by atoms with Gasteiger partial charge in [0.2, 0.25) is 11.8 Å². The molecule has 3 aromatic carbocycles. The van der Waals surface area contributed by atoms with E-state index in [1.165, 1.54) is 0 Å². The van der Waals surface area contributed by atoms with E-state index in [-0.39, 0.29) is 18.2 Å². The van der Waals surface area contributed by atoms with Crippen LogP contribution in [0.5, 0.6) is 0 Å². The van der Waals surface area contributed by atoms with Crippen LogP contribution >= 0.6 is 23.2 Å². The molecule has 0 radical (unpaired) electrons. The summed E-state index contributed by atoms with van der Waals surface area (Å²) < 4.78 is 5.62. The molecule has 2 amide bonds. The van der Waals surface area contributed by atoms with Crippen LogP contribution in [-0.4, -0.2) is 11.8 Å². The molecule has 2 aliphatic rings. The summed E-state index contributed by atoms with van der Waals surface area (Å²) in [6, 6.07) is 19.8. The van der Waals surface area contributed by atoms with Crippen molar-refractivity contribution >= 4 is 51.7 Å². The van der Waals surface area contributed by atoms with Crippen molar-refractivity contribution in [3.05, 3.63) is 99.7 Å². The Balaban J connectivity index is 1.64. The Morgan fingerprint density at radius 1 is 0.909 bits per heavy atom. The molecule has 0 aliphatic carbocycles. The number of hydrogen-bond acceptors (Lipinski definition) is 3. The molecular weight excluding hydrogens is 459 g/mol. The number of benzene rings is 3. The maximum Gasteiger partial charge on any atom is 0.238 e. The number of carbonyl (C=O) groups is 2. The number of rotatable bonds is 2. The summed E-state index contributed by atoms with van der Waals surface area (Å²) in [5, 5.41) is 8.17. The normalized spacial score (nSPS) is 24.1. The SMILES string of the molecule is O=C1C[C@@H](c2cccc(Cl)c2)[C@]2(C(=O)Nc3cc(Cl)ccc32)[C@H](c2ccc3ccoc3c2)N1. The number of fused-ring (bicyclic) bond motifs is 3. The number of nitrogens with one attached hydrogen (secondary N) is 2. The molecule has 4 aromatic rings. The van der Waals surface area contributed by atoms with Crippen molar-refractivity contribution in [3.8, 4) is 0 Å². The van der Waals surface area contributed by atoms with Crippen LogP contribution in [0.2, 0.25) is 10.0 Å². The number of carbonyl (C=O) groups excluding carboxylic acids is 2. The van der Waals surface area contributed by atoms with Crippen molar-refractivity contribution in [2.45, 2.75) is 23.8 Å². The molecule has 1 aromatic heterocycles. The van der Waals surface area contributed by atoms with Gasteiger partial charge in [-0.05, 0) is 53.1 Å². The van der Waals surface area contributed by atoms with E-state index in [1.54, 1.807) is 24.5 Å². The Hall–Kier alpha value is -3.28. The zero-order chi connectivity index (χ0) is 22.7. The van der Waals surface area contributed by atoms with E-state index in [1.807, 2.05) is 48.5 Å². The first kappa shape index (κ1) is 20.3. The van der Waals surface area contributed by atoms with Gasteiger partial charge in [0.25, 0.3) is 0 Å². The first-order valence-corrected chi connectivity index (χ1v) is 11.4. The van der Waals surface area contributed by atoms with Crippen LogP contribution in [0.3, 0.4) is 0 Å². The van der Waals surface area contributed by atoms with Crippen LogP contribution in [0.1, 0.15) is 35.1 Å². The molecule has 0 saturated carbocycles. The van der Waals surface area contributed by atoms with Crippen molar-refractivity contribution in [2.24, 2.45) is 0 Å². The third-order valence-corrected chi connectivity index (χ3v) is 7.29. The van der Waals surface area contributed by atoms with Crippen molar-refractivity contribution in [3.63, 3.8) is 0 Å². The van der Waals surface area contributed by atoms with Gasteiger partial charge in [-0.2, -0.15) is 0 Å². The second-order valence-corrected chi connectivity index (χ2v) is 9.42. The number of hydrogen-bond donors (Lipinski definition) is 2. The Labute approximate surface area is 199 Å². The predicted octanol–water partition coefficient (Wildman–Crippen LogP) is 5.97. The molecule has 1 saturated heterocycles. The molecule has 33 heavy (non-hydrogen) atoms. The number of furan rings is 1. The lowest BCUT2D eigenvalue weighted by Crippen LogP contribution is -2.56. The highest BCUT2D eigenvalue weighted by Crippen LogP contribution is 2.57. The maximum absolute atomic E-state index is 13.9. The minimum atomic E-state index is -1.10. The highest BCUT2D eigenvalue weighted by Gasteiger charge is 2.61. The number of amides is 2. The van der Waals surface area contributed by atoms with E-state index in [2.05, 4.69) is 10.6 Å². The second-order valence-electron chi connectivity index (χ2n) is 8.54. The van der Waals surface area contributed by atoms with Gasteiger partial charge in [-0.15, -0.1) is 0 Å². The summed E-state index contributed by atoms with van der Waals surface area (Å²) in [6.45, 7) is 0. The lowest BCUT2D eigenvalue weighted by molar-refractivity contribution is -0.131. The van der Waals surface area contributed by atoms with Crippen molar-refractivity contribution in [2.75, 3.05) is 5.32 Å². The van der Waals surface area contributed by atoms with Crippen molar-refractivity contribution < 1.29 is 14.0 Å². The average Bonchev–Trinajstić information content (AvgIpc) is 3.37. The zero-order valence-corrected chi connectivity index (χ0v) is 18.8. The molecule has 164 valence electrons. The summed E-state index contributed by atoms with van der Waals surface area (Å²) >= 11 is 12.6. The summed E-state index contributed by atoms with van der Waals surface area (Å²) in [5.41, 5.74) is 2.66. The highest BCUT2D eigenvalue weighted by molar-refractivity contribution is 6.31. The Kier molecular flexibility index (Phi) is 4.54. The molecule has 0 unspecified atom stereocenters. The van der Waals surface area contributed by atoms with E-state index >= 15 is 0 Å². The van der Waals surface area contributed by atoms with E-state index in [9.17, 15) is 9.59 Å². The summed E-state index contributed by atoms with van der Waals surface area (Å²) in [7, 11) is 0. The van der Waals surface area contributed by atoms with Crippen LogP contribution in [-0.2, 0) is 15.0 Å². The first-order valence-electron chi connectivity index (χ1n) is 10.6. The fraction of sp³-hybridized carbons (Fsp3) is 0.154. The third kappa shape index (κ3) is 3.00. The first-order chi connectivity index (χ1) is 16.0. The molecular formula is C26H18Cl2N2O3. The summed E-state index contributed by atoms with van der Waals surface area (Å²) in [5.74, 6) is -0.760. The highest BCUT2D eigenvalue weighted by atomic mass is 35.5. The standard InChI is InChI=1S/C26H18Cl2N2O3/c27-17-3-1-2-15(10-17)20-13-23(31)30-24(16-5-4-14-8-9-33-22(14)11-16)26(20)19-7-6-18(28)12-21(19)29-25(26)32/h1-12,20,24H,13H2,(H,29,32)(H,30,31)/t20-,24-,26-/m0/s1. The molecule has 2 N–H and O–H groups in total. The van der Waals surface area contributed by atoms with Crippen LogP contribution < -0.4 is 10.6 Å². The Morgan fingerprint density at radius 2 is 1.76 bits per heavy atom. The minimum absolute atomic E-state index is 0.134. The molecule has 5 nitrogen and oxygen atoms in total. The summed E-state index contributed by atoms with van der Waals surface area (Å²) in [6.07, 6.45) is 1.77. The van der Waals surface area contributed by atoms with Gasteiger partial charge in [-0.3, -0.25) is 9.59 Å². The molecule has 1 fully saturated rings. The van der Waals surface area contributed by atoms with Crippen LogP contribution in [0.15, 0.2) is 77.4 Å². The van der Waals surface area contributed by atoms with Gasteiger partial charge in [0.05, 0.1) is 12.3 Å².